The van der Waals surface area contributed by atoms with E-state index < -0.39 is 0 Å². The minimum Gasteiger partial charge on any atom is -0.342 e. The number of piperidine rings is 1. The Bertz CT molecular complexity index is 413. The zero-order chi connectivity index (χ0) is 16.3. The molecule has 0 radical (unpaired) electrons. The highest BCUT2D eigenvalue weighted by atomic mass is 35.5. The van der Waals surface area contributed by atoms with Gasteiger partial charge >= 0.3 is 0 Å². The fourth-order valence-corrected chi connectivity index (χ4v) is 3.88. The van der Waals surface area contributed by atoms with Crippen molar-refractivity contribution < 1.29 is 9.59 Å². The molecule has 3 unspecified atom stereocenters. The highest BCUT2D eigenvalue weighted by Gasteiger charge is 2.39. The first kappa shape index (κ1) is 20.2. The first-order chi connectivity index (χ1) is 10.5. The third-order valence-corrected chi connectivity index (χ3v) is 5.40. The molecule has 0 aromatic rings. The van der Waals surface area contributed by atoms with Crippen molar-refractivity contribution in [3.8, 4) is 0 Å². The van der Waals surface area contributed by atoms with Crippen LogP contribution in [0, 0.1) is 11.8 Å². The van der Waals surface area contributed by atoms with Crippen LogP contribution in [0.25, 0.3) is 0 Å². The molecule has 134 valence electrons. The normalized spacial score (nSPS) is 26.4. The van der Waals surface area contributed by atoms with Crippen LogP contribution in [-0.2, 0) is 9.59 Å². The average Bonchev–Trinajstić information content (AvgIpc) is 2.90. The molecule has 0 aromatic carbocycles. The summed E-state index contributed by atoms with van der Waals surface area (Å²) in [5, 5.41) is 0. The van der Waals surface area contributed by atoms with E-state index in [1.165, 1.54) is 0 Å². The van der Waals surface area contributed by atoms with Crippen LogP contribution in [0.5, 0.6) is 0 Å². The monoisotopic (exact) mass is 345 g/mol. The first-order valence-corrected chi connectivity index (χ1v) is 8.81. The fraction of sp³-hybridized carbons (Fsp3) is 0.882. The summed E-state index contributed by atoms with van der Waals surface area (Å²) in [6, 6.07) is 0.408. The van der Waals surface area contributed by atoms with Crippen LogP contribution in [0.3, 0.4) is 0 Å². The lowest BCUT2D eigenvalue weighted by molar-refractivity contribution is -0.137. The molecule has 6 heteroatoms. The van der Waals surface area contributed by atoms with Gasteiger partial charge in [-0.05, 0) is 38.5 Å². The highest BCUT2D eigenvalue weighted by molar-refractivity contribution is 5.89. The molecule has 0 saturated carbocycles. The van der Waals surface area contributed by atoms with Gasteiger partial charge in [0.05, 0.1) is 5.92 Å². The van der Waals surface area contributed by atoms with Crippen LogP contribution < -0.4 is 5.73 Å². The van der Waals surface area contributed by atoms with Gasteiger partial charge in [-0.1, -0.05) is 13.8 Å². The van der Waals surface area contributed by atoms with E-state index in [1.54, 1.807) is 0 Å². The number of hydrogen-bond donors (Lipinski definition) is 1. The van der Waals surface area contributed by atoms with Gasteiger partial charge in [-0.3, -0.25) is 9.59 Å². The smallest absolute Gasteiger partial charge is 0.228 e. The van der Waals surface area contributed by atoms with Gasteiger partial charge in [0.2, 0.25) is 11.8 Å². The van der Waals surface area contributed by atoms with E-state index in [2.05, 4.69) is 13.8 Å². The summed E-state index contributed by atoms with van der Waals surface area (Å²) in [4.78, 5) is 28.9. The Hall–Kier alpha value is -0.810. The second-order valence-electron chi connectivity index (χ2n) is 6.96. The van der Waals surface area contributed by atoms with Crippen molar-refractivity contribution in [2.75, 3.05) is 19.6 Å². The van der Waals surface area contributed by atoms with Gasteiger partial charge < -0.3 is 15.5 Å². The Balaban J connectivity index is 0.00000264. The van der Waals surface area contributed by atoms with Crippen molar-refractivity contribution in [2.45, 2.75) is 65.0 Å². The number of carbonyl (C=O) groups is 2. The summed E-state index contributed by atoms with van der Waals surface area (Å²) in [6.07, 6.45) is 4.42. The van der Waals surface area contributed by atoms with E-state index in [0.717, 1.165) is 38.8 Å². The van der Waals surface area contributed by atoms with Gasteiger partial charge in [0.15, 0.2) is 0 Å². The minimum absolute atomic E-state index is 0. The summed E-state index contributed by atoms with van der Waals surface area (Å²) in [7, 11) is 0. The number of nitrogens with zero attached hydrogens (tertiary/aromatic N) is 2. The quantitative estimate of drug-likeness (QED) is 0.829. The van der Waals surface area contributed by atoms with Crippen LogP contribution in [0.15, 0.2) is 0 Å². The molecule has 2 aliphatic rings. The molecule has 2 rings (SSSR count). The van der Waals surface area contributed by atoms with Crippen molar-refractivity contribution in [3.05, 3.63) is 0 Å². The number of amides is 2. The Morgan fingerprint density at radius 1 is 1.30 bits per heavy atom. The molecule has 0 spiro atoms. The molecule has 2 N–H and O–H groups in total. The lowest BCUT2D eigenvalue weighted by Gasteiger charge is -2.36. The van der Waals surface area contributed by atoms with E-state index in [-0.39, 0.29) is 42.2 Å². The number of likely N-dealkylation sites (tertiary alicyclic amines) is 2. The number of nitrogens with two attached hydrogens (primary N) is 1. The maximum Gasteiger partial charge on any atom is 0.228 e. The highest BCUT2D eigenvalue weighted by Crippen LogP contribution is 2.27. The Kier molecular flexibility index (Phi) is 7.81. The van der Waals surface area contributed by atoms with Crippen molar-refractivity contribution >= 4 is 24.2 Å². The topological polar surface area (TPSA) is 66.6 Å². The molecule has 2 fully saturated rings. The summed E-state index contributed by atoms with van der Waals surface area (Å²) in [6.45, 7) is 8.41. The maximum atomic E-state index is 12.8. The molecule has 23 heavy (non-hydrogen) atoms. The van der Waals surface area contributed by atoms with Crippen LogP contribution in [0.4, 0.5) is 0 Å². The number of rotatable bonds is 5. The van der Waals surface area contributed by atoms with Crippen LogP contribution >= 0.6 is 12.4 Å². The summed E-state index contributed by atoms with van der Waals surface area (Å²) < 4.78 is 0. The van der Waals surface area contributed by atoms with Crippen molar-refractivity contribution in [3.63, 3.8) is 0 Å². The SMILES string of the molecule is CCC(CC)N1CC(C(=O)N2CCCC(C(C)N)C2)CC1=O.Cl. The standard InChI is InChI=1S/C17H31N3O2.ClH/c1-4-15(5-2)20-11-14(9-16(20)21)17(22)19-8-6-7-13(10-19)12(3)18;/h12-15H,4-11,18H2,1-3H3;1H. The fourth-order valence-electron chi connectivity index (χ4n) is 3.88. The second-order valence-corrected chi connectivity index (χ2v) is 6.96. The zero-order valence-corrected chi connectivity index (χ0v) is 15.5. The average molecular weight is 346 g/mol. The van der Waals surface area contributed by atoms with Gasteiger partial charge in [0, 0.05) is 38.1 Å². The lowest BCUT2D eigenvalue weighted by Crippen LogP contribution is -2.47. The summed E-state index contributed by atoms with van der Waals surface area (Å²) in [5.41, 5.74) is 6.00. The molecule has 0 aromatic heterocycles. The van der Waals surface area contributed by atoms with Gasteiger partial charge in [-0.25, -0.2) is 0 Å². The van der Waals surface area contributed by atoms with Crippen LogP contribution in [0.2, 0.25) is 0 Å². The van der Waals surface area contributed by atoms with Crippen molar-refractivity contribution in [1.82, 2.24) is 9.80 Å². The van der Waals surface area contributed by atoms with E-state index in [4.69, 9.17) is 5.73 Å². The van der Waals surface area contributed by atoms with Crippen LogP contribution in [-0.4, -0.2) is 53.3 Å². The summed E-state index contributed by atoms with van der Waals surface area (Å²) in [5.74, 6) is 0.546. The van der Waals surface area contributed by atoms with Crippen molar-refractivity contribution in [2.24, 2.45) is 17.6 Å². The molecular formula is C17H32ClN3O2. The summed E-state index contributed by atoms with van der Waals surface area (Å²) >= 11 is 0. The van der Waals surface area contributed by atoms with E-state index in [0.29, 0.717) is 18.9 Å². The first-order valence-electron chi connectivity index (χ1n) is 8.81. The third kappa shape index (κ3) is 4.60. The van der Waals surface area contributed by atoms with E-state index in [1.807, 2.05) is 16.7 Å². The number of halogens is 1. The molecular weight excluding hydrogens is 314 g/mol. The van der Waals surface area contributed by atoms with E-state index in [9.17, 15) is 9.59 Å². The molecule has 5 nitrogen and oxygen atoms in total. The largest absolute Gasteiger partial charge is 0.342 e. The molecule has 2 aliphatic heterocycles. The Morgan fingerprint density at radius 3 is 2.52 bits per heavy atom. The van der Waals surface area contributed by atoms with Gasteiger partial charge in [-0.2, -0.15) is 0 Å². The molecule has 2 amide bonds. The zero-order valence-electron chi connectivity index (χ0n) is 14.7. The number of hydrogen-bond acceptors (Lipinski definition) is 3. The molecule has 3 atom stereocenters. The predicted molar refractivity (Wildman–Crippen MR) is 94.4 cm³/mol. The van der Waals surface area contributed by atoms with E-state index >= 15 is 0 Å². The molecule has 2 saturated heterocycles. The molecule has 2 heterocycles. The van der Waals surface area contributed by atoms with Gasteiger partial charge in [0.1, 0.15) is 0 Å². The second kappa shape index (κ2) is 8.88. The Labute approximate surface area is 146 Å². The number of carbonyl (C=O) groups excluding carboxylic acids is 2. The van der Waals surface area contributed by atoms with Crippen molar-refractivity contribution in [1.29, 1.82) is 0 Å². The van der Waals surface area contributed by atoms with Crippen LogP contribution in [0.1, 0.15) is 52.9 Å². The maximum absolute atomic E-state index is 12.8. The third-order valence-electron chi connectivity index (χ3n) is 5.40. The van der Waals surface area contributed by atoms with Gasteiger partial charge in [-0.15, -0.1) is 12.4 Å². The molecule has 0 aliphatic carbocycles. The molecule has 0 bridgehead atoms. The predicted octanol–water partition coefficient (Wildman–Crippen LogP) is 2.03. The van der Waals surface area contributed by atoms with Gasteiger partial charge in [0.25, 0.3) is 0 Å². The minimum atomic E-state index is -0.153. The lowest BCUT2D eigenvalue weighted by atomic mass is 9.91. The Morgan fingerprint density at radius 2 is 1.96 bits per heavy atom.